The summed E-state index contributed by atoms with van der Waals surface area (Å²) in [6.45, 7) is 2.99. The highest BCUT2D eigenvalue weighted by Crippen LogP contribution is 2.34. The van der Waals surface area contributed by atoms with E-state index >= 15 is 0 Å². The number of nitrogens with zero attached hydrogens (tertiary/aromatic N) is 4. The zero-order chi connectivity index (χ0) is 26.6. The number of carbonyl (C=O) groups is 1. The van der Waals surface area contributed by atoms with E-state index in [1.54, 1.807) is 26.0 Å². The topological polar surface area (TPSA) is 79.1 Å². The van der Waals surface area contributed by atoms with E-state index in [0.717, 1.165) is 17.2 Å². The number of hydrogen-bond acceptors (Lipinski definition) is 6. The fraction of sp³-hybridized carbons (Fsp3) is 0.231. The SMILES string of the molecule is CC(C)(COc1ncc(C(F)(F)F)cc1Cl)C(=O)C(Oc1ccc(-c2ccccc2)cc1)n1cncn1. The highest BCUT2D eigenvalue weighted by molar-refractivity contribution is 6.31. The molecule has 0 saturated carbocycles. The zero-order valence-corrected chi connectivity index (χ0v) is 20.6. The maximum Gasteiger partial charge on any atom is 0.417 e. The maximum atomic E-state index is 13.6. The minimum atomic E-state index is -4.59. The average Bonchev–Trinajstić information content (AvgIpc) is 3.41. The van der Waals surface area contributed by atoms with Gasteiger partial charge in [0.2, 0.25) is 11.7 Å². The second-order valence-corrected chi connectivity index (χ2v) is 9.19. The number of alkyl halides is 3. The van der Waals surface area contributed by atoms with E-state index in [1.807, 2.05) is 42.5 Å². The number of ketones is 1. The Morgan fingerprint density at radius 1 is 1.05 bits per heavy atom. The van der Waals surface area contributed by atoms with Crippen molar-refractivity contribution in [3.05, 3.63) is 90.1 Å². The lowest BCUT2D eigenvalue weighted by Gasteiger charge is -2.28. The van der Waals surface area contributed by atoms with E-state index in [-0.39, 0.29) is 17.5 Å². The van der Waals surface area contributed by atoms with Crippen LogP contribution in [0.4, 0.5) is 13.2 Å². The van der Waals surface area contributed by atoms with Crippen LogP contribution in [0.2, 0.25) is 5.02 Å². The molecular weight excluding hydrogens is 509 g/mol. The standard InChI is InChI=1S/C26H22ClF3N4O3/c1-25(2,14-36-23-21(27)12-19(13-32-23)26(28,29)30)22(35)24(34-16-31-15-33-34)37-20-10-8-18(9-11-20)17-6-4-3-5-7-17/h3-13,15-16,24H,14H2,1-2H3. The molecule has 0 fully saturated rings. The molecule has 1 unspecified atom stereocenters. The van der Waals surface area contributed by atoms with Crippen LogP contribution >= 0.6 is 11.6 Å². The van der Waals surface area contributed by atoms with E-state index in [1.165, 1.54) is 17.3 Å². The van der Waals surface area contributed by atoms with E-state index < -0.39 is 29.2 Å². The van der Waals surface area contributed by atoms with Gasteiger partial charge in [-0.3, -0.25) is 4.79 Å². The summed E-state index contributed by atoms with van der Waals surface area (Å²) in [6.07, 6.45) is -2.52. The maximum absolute atomic E-state index is 13.6. The van der Waals surface area contributed by atoms with Gasteiger partial charge in [-0.2, -0.15) is 18.3 Å². The van der Waals surface area contributed by atoms with Crippen molar-refractivity contribution in [3.63, 3.8) is 0 Å². The van der Waals surface area contributed by atoms with Gasteiger partial charge in [-0.25, -0.2) is 14.6 Å². The van der Waals surface area contributed by atoms with Crippen LogP contribution in [0.25, 0.3) is 11.1 Å². The molecule has 4 aromatic rings. The lowest BCUT2D eigenvalue weighted by Crippen LogP contribution is -2.40. The molecule has 0 radical (unpaired) electrons. The second-order valence-electron chi connectivity index (χ2n) is 8.78. The number of hydrogen-bond donors (Lipinski definition) is 0. The molecule has 192 valence electrons. The Kier molecular flexibility index (Phi) is 7.49. The molecule has 4 rings (SSSR count). The number of Topliss-reactive ketones (excluding diaryl/α,β-unsaturated/α-hetero) is 1. The molecule has 2 aromatic carbocycles. The smallest absolute Gasteiger partial charge is 0.417 e. The van der Waals surface area contributed by atoms with Gasteiger partial charge in [0.25, 0.3) is 6.23 Å². The van der Waals surface area contributed by atoms with Gasteiger partial charge in [0.05, 0.1) is 11.0 Å². The first-order valence-electron chi connectivity index (χ1n) is 11.1. The molecule has 0 aliphatic carbocycles. The Labute approximate surface area is 215 Å². The number of benzene rings is 2. The largest absolute Gasteiger partial charge is 0.476 e. The molecule has 0 spiro atoms. The quantitative estimate of drug-likeness (QED) is 0.254. The molecule has 2 heterocycles. The molecule has 2 aromatic heterocycles. The molecule has 0 aliphatic rings. The summed E-state index contributed by atoms with van der Waals surface area (Å²) in [7, 11) is 0. The number of aromatic nitrogens is 4. The van der Waals surface area contributed by atoms with Gasteiger partial charge >= 0.3 is 6.18 Å². The molecule has 0 bridgehead atoms. The van der Waals surface area contributed by atoms with Crippen LogP contribution in [0.3, 0.4) is 0 Å². The fourth-order valence-electron chi connectivity index (χ4n) is 3.39. The lowest BCUT2D eigenvalue weighted by atomic mass is 9.88. The molecule has 11 heteroatoms. The van der Waals surface area contributed by atoms with Crippen LogP contribution in [0.1, 0.15) is 25.6 Å². The third-order valence-corrected chi connectivity index (χ3v) is 5.75. The summed E-state index contributed by atoms with van der Waals surface area (Å²) in [5.41, 5.74) is -0.162. The number of carbonyl (C=O) groups excluding carboxylic acids is 1. The third kappa shape index (κ3) is 6.26. The predicted molar refractivity (Wildman–Crippen MR) is 130 cm³/mol. The van der Waals surface area contributed by atoms with Crippen molar-refractivity contribution in [1.29, 1.82) is 0 Å². The molecule has 0 saturated heterocycles. The van der Waals surface area contributed by atoms with Crippen LogP contribution in [0.15, 0.2) is 79.5 Å². The normalized spacial score (nSPS) is 12.7. The Morgan fingerprint density at radius 2 is 1.73 bits per heavy atom. The molecule has 7 nitrogen and oxygen atoms in total. The zero-order valence-electron chi connectivity index (χ0n) is 19.8. The van der Waals surface area contributed by atoms with Gasteiger partial charge in [0.1, 0.15) is 30.0 Å². The Bertz CT molecular complexity index is 1350. The van der Waals surface area contributed by atoms with Gasteiger partial charge in [0.15, 0.2) is 0 Å². The van der Waals surface area contributed by atoms with Crippen LogP contribution in [-0.4, -0.2) is 32.1 Å². The van der Waals surface area contributed by atoms with Crippen LogP contribution in [-0.2, 0) is 11.0 Å². The van der Waals surface area contributed by atoms with Crippen molar-refractivity contribution >= 4 is 17.4 Å². The Morgan fingerprint density at radius 3 is 2.32 bits per heavy atom. The van der Waals surface area contributed by atoms with Crippen molar-refractivity contribution < 1.29 is 27.4 Å². The molecule has 37 heavy (non-hydrogen) atoms. The number of rotatable bonds is 9. The van der Waals surface area contributed by atoms with E-state index in [9.17, 15) is 18.0 Å². The van der Waals surface area contributed by atoms with Gasteiger partial charge in [-0.15, -0.1) is 0 Å². The van der Waals surface area contributed by atoms with Gasteiger partial charge in [0, 0.05) is 6.20 Å². The van der Waals surface area contributed by atoms with Crippen LogP contribution in [0, 0.1) is 5.41 Å². The molecule has 1 atom stereocenters. The van der Waals surface area contributed by atoms with Gasteiger partial charge in [-0.05, 0) is 43.2 Å². The van der Waals surface area contributed by atoms with Crippen molar-refractivity contribution in [3.8, 4) is 22.8 Å². The molecule has 0 amide bonds. The molecule has 0 aliphatic heterocycles. The van der Waals surface area contributed by atoms with Gasteiger partial charge in [-0.1, -0.05) is 54.1 Å². The lowest BCUT2D eigenvalue weighted by molar-refractivity contribution is -0.140. The summed E-state index contributed by atoms with van der Waals surface area (Å²) >= 11 is 5.93. The first kappa shape index (κ1) is 26.2. The molecular formula is C26H22ClF3N4O3. The summed E-state index contributed by atoms with van der Waals surface area (Å²) in [5, 5.41) is 3.74. The van der Waals surface area contributed by atoms with Crippen LogP contribution in [0.5, 0.6) is 11.6 Å². The first-order valence-corrected chi connectivity index (χ1v) is 11.5. The first-order chi connectivity index (χ1) is 17.5. The van der Waals surface area contributed by atoms with E-state index in [0.29, 0.717) is 11.9 Å². The van der Waals surface area contributed by atoms with Gasteiger partial charge < -0.3 is 9.47 Å². The summed E-state index contributed by atoms with van der Waals surface area (Å²) in [5.74, 6) is -0.198. The minimum absolute atomic E-state index is 0.217. The Hall–Kier alpha value is -3.92. The minimum Gasteiger partial charge on any atom is -0.476 e. The average molecular weight is 531 g/mol. The third-order valence-electron chi connectivity index (χ3n) is 5.48. The second kappa shape index (κ2) is 10.6. The number of ether oxygens (including phenoxy) is 2. The number of pyridine rings is 1. The van der Waals surface area contributed by atoms with Crippen LogP contribution < -0.4 is 9.47 Å². The van der Waals surface area contributed by atoms with E-state index in [2.05, 4.69) is 15.1 Å². The highest BCUT2D eigenvalue weighted by Gasteiger charge is 2.38. The summed E-state index contributed by atoms with van der Waals surface area (Å²) in [4.78, 5) is 21.1. The van der Waals surface area contributed by atoms with Crippen molar-refractivity contribution in [2.45, 2.75) is 26.3 Å². The van der Waals surface area contributed by atoms with Crippen molar-refractivity contribution in [2.24, 2.45) is 5.41 Å². The monoisotopic (exact) mass is 530 g/mol. The summed E-state index contributed by atoms with van der Waals surface area (Å²) in [6, 6.07) is 17.7. The van der Waals surface area contributed by atoms with Crippen molar-refractivity contribution in [2.75, 3.05) is 6.61 Å². The highest BCUT2D eigenvalue weighted by atomic mass is 35.5. The predicted octanol–water partition coefficient (Wildman–Crippen LogP) is 6.26. The fourth-order valence-corrected chi connectivity index (χ4v) is 3.61. The molecule has 0 N–H and O–H groups in total. The Balaban J connectivity index is 1.50. The van der Waals surface area contributed by atoms with E-state index in [4.69, 9.17) is 21.1 Å². The number of halogens is 4. The van der Waals surface area contributed by atoms with Crippen molar-refractivity contribution in [1.82, 2.24) is 19.7 Å². The summed E-state index contributed by atoms with van der Waals surface area (Å²) < 4.78 is 51.5.